The molecule has 3 heterocycles. The highest BCUT2D eigenvalue weighted by Crippen LogP contribution is 2.21. The third kappa shape index (κ3) is 3.96. The minimum atomic E-state index is 0.421. The SMILES string of the molecule is CN(Cc1ccc(N2CCCCC2)cc1)Cc1nnc(-c2ccco2)o1. The van der Waals surface area contributed by atoms with Crippen molar-refractivity contribution in [2.45, 2.75) is 32.4 Å². The van der Waals surface area contributed by atoms with Crippen molar-refractivity contribution < 1.29 is 8.83 Å². The molecular formula is C20H24N4O2. The molecule has 1 fully saturated rings. The Morgan fingerprint density at radius 1 is 1.00 bits per heavy atom. The lowest BCUT2D eigenvalue weighted by molar-refractivity contribution is 0.282. The van der Waals surface area contributed by atoms with Gasteiger partial charge >= 0.3 is 0 Å². The molecule has 0 atom stereocenters. The third-order valence-electron chi connectivity index (χ3n) is 4.71. The normalized spacial score (nSPS) is 14.9. The zero-order valence-corrected chi connectivity index (χ0v) is 15.1. The molecule has 1 saturated heterocycles. The standard InChI is InChI=1S/C20H24N4O2/c1-23(15-19-21-22-20(26-19)18-6-5-13-25-18)14-16-7-9-17(10-8-16)24-11-3-2-4-12-24/h5-10,13H,2-4,11-12,14-15H2,1H3. The van der Waals surface area contributed by atoms with Gasteiger partial charge in [0, 0.05) is 25.3 Å². The van der Waals surface area contributed by atoms with Gasteiger partial charge in [0.25, 0.3) is 5.89 Å². The maximum Gasteiger partial charge on any atom is 0.283 e. The average Bonchev–Trinajstić information content (AvgIpc) is 3.35. The average molecular weight is 352 g/mol. The Morgan fingerprint density at radius 2 is 1.81 bits per heavy atom. The predicted molar refractivity (Wildman–Crippen MR) is 99.7 cm³/mol. The van der Waals surface area contributed by atoms with Crippen LogP contribution >= 0.6 is 0 Å². The Kier molecular flexibility index (Phi) is 5.02. The summed E-state index contributed by atoms with van der Waals surface area (Å²) in [5.41, 5.74) is 2.61. The van der Waals surface area contributed by atoms with Gasteiger partial charge in [-0.3, -0.25) is 4.90 Å². The van der Waals surface area contributed by atoms with Gasteiger partial charge in [-0.15, -0.1) is 10.2 Å². The number of benzene rings is 1. The molecule has 0 saturated carbocycles. The lowest BCUT2D eigenvalue weighted by Gasteiger charge is -2.29. The molecule has 26 heavy (non-hydrogen) atoms. The van der Waals surface area contributed by atoms with E-state index in [2.05, 4.69) is 51.3 Å². The summed E-state index contributed by atoms with van der Waals surface area (Å²) in [6.07, 6.45) is 5.55. The monoisotopic (exact) mass is 352 g/mol. The Bertz CT molecular complexity index is 805. The highest BCUT2D eigenvalue weighted by Gasteiger charge is 2.13. The van der Waals surface area contributed by atoms with Crippen molar-refractivity contribution in [1.29, 1.82) is 0 Å². The lowest BCUT2D eigenvalue weighted by atomic mass is 10.1. The van der Waals surface area contributed by atoms with Crippen molar-refractivity contribution in [3.63, 3.8) is 0 Å². The summed E-state index contributed by atoms with van der Waals surface area (Å²) < 4.78 is 11.0. The van der Waals surface area contributed by atoms with Gasteiger partial charge in [0.15, 0.2) is 5.76 Å². The maximum atomic E-state index is 5.67. The maximum absolute atomic E-state index is 5.67. The molecule has 0 N–H and O–H groups in total. The Balaban J connectivity index is 1.33. The highest BCUT2D eigenvalue weighted by atomic mass is 16.4. The molecule has 1 aromatic carbocycles. The smallest absolute Gasteiger partial charge is 0.283 e. The van der Waals surface area contributed by atoms with Crippen LogP contribution < -0.4 is 4.90 Å². The summed E-state index contributed by atoms with van der Waals surface area (Å²) in [6, 6.07) is 12.5. The summed E-state index contributed by atoms with van der Waals surface area (Å²) in [5, 5.41) is 8.14. The van der Waals surface area contributed by atoms with E-state index in [1.165, 1.54) is 43.6 Å². The zero-order valence-electron chi connectivity index (χ0n) is 15.1. The fourth-order valence-electron chi connectivity index (χ4n) is 3.38. The van der Waals surface area contributed by atoms with Gasteiger partial charge in [0.2, 0.25) is 5.89 Å². The number of furan rings is 1. The second kappa shape index (κ2) is 7.74. The molecule has 0 unspecified atom stereocenters. The Morgan fingerprint density at radius 3 is 2.54 bits per heavy atom. The van der Waals surface area contributed by atoms with Gasteiger partial charge in [0.05, 0.1) is 12.8 Å². The topological polar surface area (TPSA) is 58.5 Å². The van der Waals surface area contributed by atoms with Crippen LogP contribution in [0.3, 0.4) is 0 Å². The molecule has 0 aliphatic carbocycles. The van der Waals surface area contributed by atoms with E-state index in [4.69, 9.17) is 8.83 Å². The first kappa shape index (κ1) is 16.8. The van der Waals surface area contributed by atoms with Crippen molar-refractivity contribution in [3.05, 3.63) is 54.1 Å². The van der Waals surface area contributed by atoms with E-state index in [0.717, 1.165) is 6.54 Å². The molecule has 2 aromatic heterocycles. The third-order valence-corrected chi connectivity index (χ3v) is 4.71. The Hall–Kier alpha value is -2.60. The molecule has 0 spiro atoms. The van der Waals surface area contributed by atoms with Gasteiger partial charge < -0.3 is 13.7 Å². The number of hydrogen-bond donors (Lipinski definition) is 0. The summed E-state index contributed by atoms with van der Waals surface area (Å²) in [4.78, 5) is 4.64. The molecule has 0 amide bonds. The molecule has 1 aliphatic rings. The number of anilines is 1. The van der Waals surface area contributed by atoms with Crippen LogP contribution in [0.5, 0.6) is 0 Å². The van der Waals surface area contributed by atoms with E-state index in [1.807, 2.05) is 6.07 Å². The van der Waals surface area contributed by atoms with Gasteiger partial charge in [-0.25, -0.2) is 0 Å². The summed E-state index contributed by atoms with van der Waals surface area (Å²) in [6.45, 7) is 3.78. The van der Waals surface area contributed by atoms with Crippen molar-refractivity contribution >= 4 is 5.69 Å². The van der Waals surface area contributed by atoms with Crippen LogP contribution in [0.25, 0.3) is 11.7 Å². The fourth-order valence-corrected chi connectivity index (χ4v) is 3.38. The number of hydrogen-bond acceptors (Lipinski definition) is 6. The lowest BCUT2D eigenvalue weighted by Crippen LogP contribution is -2.29. The molecule has 0 radical (unpaired) electrons. The van der Waals surface area contributed by atoms with Crippen LogP contribution in [0, 0.1) is 0 Å². The van der Waals surface area contributed by atoms with Gasteiger partial charge in [-0.05, 0) is 56.1 Å². The number of piperidine rings is 1. The quantitative estimate of drug-likeness (QED) is 0.669. The fraction of sp³-hybridized carbons (Fsp3) is 0.400. The number of rotatable bonds is 6. The van der Waals surface area contributed by atoms with Crippen molar-refractivity contribution in [2.24, 2.45) is 0 Å². The van der Waals surface area contributed by atoms with E-state index in [9.17, 15) is 0 Å². The molecule has 3 aromatic rings. The highest BCUT2D eigenvalue weighted by molar-refractivity contribution is 5.48. The van der Waals surface area contributed by atoms with Crippen molar-refractivity contribution in [2.75, 3.05) is 25.0 Å². The van der Waals surface area contributed by atoms with Gasteiger partial charge in [-0.1, -0.05) is 12.1 Å². The molecule has 4 rings (SSSR count). The van der Waals surface area contributed by atoms with Crippen LogP contribution in [0.1, 0.15) is 30.7 Å². The second-order valence-corrected chi connectivity index (χ2v) is 6.86. The molecular weight excluding hydrogens is 328 g/mol. The van der Waals surface area contributed by atoms with Crippen LogP contribution in [0.4, 0.5) is 5.69 Å². The van der Waals surface area contributed by atoms with Gasteiger partial charge in [-0.2, -0.15) is 0 Å². The van der Waals surface area contributed by atoms with E-state index in [1.54, 1.807) is 12.3 Å². The van der Waals surface area contributed by atoms with E-state index < -0.39 is 0 Å². The summed E-state index contributed by atoms with van der Waals surface area (Å²) in [7, 11) is 2.05. The molecule has 6 nitrogen and oxygen atoms in total. The summed E-state index contributed by atoms with van der Waals surface area (Å²) in [5.74, 6) is 1.60. The van der Waals surface area contributed by atoms with Crippen molar-refractivity contribution in [1.82, 2.24) is 15.1 Å². The van der Waals surface area contributed by atoms with Gasteiger partial charge in [0.1, 0.15) is 0 Å². The predicted octanol–water partition coefficient (Wildman–Crippen LogP) is 3.95. The molecule has 1 aliphatic heterocycles. The van der Waals surface area contributed by atoms with Crippen LogP contribution in [0.2, 0.25) is 0 Å². The first-order chi connectivity index (χ1) is 12.8. The van der Waals surface area contributed by atoms with Crippen LogP contribution in [0.15, 0.2) is 51.5 Å². The molecule has 6 heteroatoms. The second-order valence-electron chi connectivity index (χ2n) is 6.86. The van der Waals surface area contributed by atoms with E-state index in [0.29, 0.717) is 24.1 Å². The minimum absolute atomic E-state index is 0.421. The first-order valence-electron chi connectivity index (χ1n) is 9.16. The minimum Gasteiger partial charge on any atom is -0.459 e. The zero-order chi connectivity index (χ0) is 17.8. The van der Waals surface area contributed by atoms with Crippen LogP contribution in [-0.4, -0.2) is 35.2 Å². The van der Waals surface area contributed by atoms with E-state index in [-0.39, 0.29) is 0 Å². The van der Waals surface area contributed by atoms with E-state index >= 15 is 0 Å². The molecule has 136 valence electrons. The number of aromatic nitrogens is 2. The Labute approximate surface area is 153 Å². The van der Waals surface area contributed by atoms with Crippen molar-refractivity contribution in [3.8, 4) is 11.7 Å². The molecule has 0 bridgehead atoms. The largest absolute Gasteiger partial charge is 0.459 e. The number of nitrogens with zero attached hydrogens (tertiary/aromatic N) is 4. The van der Waals surface area contributed by atoms with Crippen LogP contribution in [-0.2, 0) is 13.1 Å². The first-order valence-corrected chi connectivity index (χ1v) is 9.16. The summed E-state index contributed by atoms with van der Waals surface area (Å²) >= 11 is 0.